The first-order valence-corrected chi connectivity index (χ1v) is 7.12. The van der Waals surface area contributed by atoms with E-state index in [0.29, 0.717) is 16.7 Å². The molecule has 4 nitrogen and oxygen atoms in total. The number of hydrogen-bond acceptors (Lipinski definition) is 3. The summed E-state index contributed by atoms with van der Waals surface area (Å²) in [4.78, 5) is 11.6. The number of halogens is 3. The van der Waals surface area contributed by atoms with Crippen LogP contribution in [0.2, 0.25) is 5.02 Å². The molecule has 2 N–H and O–H groups in total. The SMILES string of the molecule is O=C(COc1ccc(F)cc1F)NCC(O)c1ccccc1Cl. The number of nitrogens with one attached hydrogen (secondary N) is 1. The number of ether oxygens (including phenoxy) is 1. The molecule has 0 heterocycles. The van der Waals surface area contributed by atoms with Gasteiger partial charge in [0.25, 0.3) is 5.91 Å². The maximum atomic E-state index is 13.3. The molecule has 0 aliphatic rings. The molecule has 122 valence electrons. The number of benzene rings is 2. The largest absolute Gasteiger partial charge is 0.481 e. The Morgan fingerprint density at radius 1 is 1.26 bits per heavy atom. The molecule has 2 aromatic carbocycles. The number of aliphatic hydroxyl groups excluding tert-OH is 1. The minimum absolute atomic E-state index is 0.0716. The minimum atomic E-state index is -0.977. The molecule has 0 bridgehead atoms. The Bertz CT molecular complexity index is 697. The Balaban J connectivity index is 1.82. The summed E-state index contributed by atoms with van der Waals surface area (Å²) in [6.07, 6.45) is -0.977. The summed E-state index contributed by atoms with van der Waals surface area (Å²) in [6, 6.07) is 9.49. The molecule has 0 spiro atoms. The first-order chi connectivity index (χ1) is 11.0. The molecular formula is C16H14ClF2NO3. The predicted octanol–water partition coefficient (Wildman–Crippen LogP) is 2.85. The molecule has 1 unspecified atom stereocenters. The van der Waals surface area contributed by atoms with Crippen LogP contribution in [-0.4, -0.2) is 24.2 Å². The van der Waals surface area contributed by atoms with Gasteiger partial charge in [0.1, 0.15) is 5.82 Å². The Labute approximate surface area is 136 Å². The van der Waals surface area contributed by atoms with Gasteiger partial charge in [-0.2, -0.15) is 0 Å². The molecule has 7 heteroatoms. The Morgan fingerprint density at radius 3 is 2.70 bits per heavy atom. The molecule has 0 saturated heterocycles. The van der Waals surface area contributed by atoms with E-state index in [2.05, 4.69) is 5.32 Å². The van der Waals surface area contributed by atoms with Gasteiger partial charge >= 0.3 is 0 Å². The van der Waals surface area contributed by atoms with Crippen molar-refractivity contribution in [3.63, 3.8) is 0 Å². The summed E-state index contributed by atoms with van der Waals surface area (Å²) in [5, 5.41) is 12.8. The Morgan fingerprint density at radius 2 is 2.00 bits per heavy atom. The number of carbonyl (C=O) groups is 1. The van der Waals surface area contributed by atoms with E-state index >= 15 is 0 Å². The van der Waals surface area contributed by atoms with Gasteiger partial charge in [-0.3, -0.25) is 4.79 Å². The summed E-state index contributed by atoms with van der Waals surface area (Å²) in [6.45, 7) is -0.532. The number of rotatable bonds is 6. The van der Waals surface area contributed by atoms with E-state index in [1.807, 2.05) is 0 Å². The zero-order chi connectivity index (χ0) is 16.8. The van der Waals surface area contributed by atoms with E-state index in [-0.39, 0.29) is 12.3 Å². The fourth-order valence-corrected chi connectivity index (χ4v) is 2.11. The molecule has 2 rings (SSSR count). The first kappa shape index (κ1) is 17.2. The van der Waals surface area contributed by atoms with Crippen LogP contribution in [0.4, 0.5) is 8.78 Å². The number of hydrogen-bond donors (Lipinski definition) is 2. The van der Waals surface area contributed by atoms with Crippen molar-refractivity contribution in [2.24, 2.45) is 0 Å². The van der Waals surface area contributed by atoms with Gasteiger partial charge in [-0.05, 0) is 18.2 Å². The van der Waals surface area contributed by atoms with Crippen LogP contribution in [0.1, 0.15) is 11.7 Å². The van der Waals surface area contributed by atoms with Crippen molar-refractivity contribution in [3.05, 3.63) is 64.7 Å². The Hall–Kier alpha value is -2.18. The molecule has 2 aromatic rings. The first-order valence-electron chi connectivity index (χ1n) is 6.74. The summed E-state index contributed by atoms with van der Waals surface area (Å²) >= 11 is 5.94. The third kappa shape index (κ3) is 4.91. The molecule has 0 aliphatic carbocycles. The van der Waals surface area contributed by atoms with Gasteiger partial charge in [0.15, 0.2) is 18.2 Å². The summed E-state index contributed by atoms with van der Waals surface area (Å²) < 4.78 is 31.0. The van der Waals surface area contributed by atoms with Crippen LogP contribution in [0, 0.1) is 11.6 Å². The van der Waals surface area contributed by atoms with E-state index in [4.69, 9.17) is 16.3 Å². The molecule has 0 aromatic heterocycles. The molecule has 23 heavy (non-hydrogen) atoms. The number of amides is 1. The van der Waals surface area contributed by atoms with Crippen molar-refractivity contribution in [3.8, 4) is 5.75 Å². The third-order valence-corrected chi connectivity index (χ3v) is 3.35. The van der Waals surface area contributed by atoms with E-state index in [0.717, 1.165) is 12.1 Å². The van der Waals surface area contributed by atoms with Crippen molar-refractivity contribution in [2.75, 3.05) is 13.2 Å². The lowest BCUT2D eigenvalue weighted by Gasteiger charge is -2.14. The zero-order valence-corrected chi connectivity index (χ0v) is 12.7. The lowest BCUT2D eigenvalue weighted by Crippen LogP contribution is -2.32. The smallest absolute Gasteiger partial charge is 0.258 e. The van der Waals surface area contributed by atoms with E-state index in [9.17, 15) is 18.7 Å². The van der Waals surface area contributed by atoms with Crippen LogP contribution in [0.5, 0.6) is 5.75 Å². The fourth-order valence-electron chi connectivity index (χ4n) is 1.85. The highest BCUT2D eigenvalue weighted by molar-refractivity contribution is 6.31. The van der Waals surface area contributed by atoms with Crippen LogP contribution in [-0.2, 0) is 4.79 Å². The summed E-state index contributed by atoms with van der Waals surface area (Å²) in [5.74, 6) is -2.41. The lowest BCUT2D eigenvalue weighted by atomic mass is 10.1. The maximum Gasteiger partial charge on any atom is 0.258 e. The van der Waals surface area contributed by atoms with Crippen LogP contribution in [0.25, 0.3) is 0 Å². The maximum absolute atomic E-state index is 13.3. The molecule has 0 radical (unpaired) electrons. The van der Waals surface area contributed by atoms with Crippen molar-refractivity contribution < 1.29 is 23.4 Å². The fraction of sp³-hybridized carbons (Fsp3) is 0.188. The standard InChI is InChI=1S/C16H14ClF2NO3/c17-12-4-2-1-3-11(12)14(21)8-20-16(22)9-23-15-6-5-10(18)7-13(15)19/h1-7,14,21H,8-9H2,(H,20,22). The molecular weight excluding hydrogens is 328 g/mol. The van der Waals surface area contributed by atoms with E-state index in [1.54, 1.807) is 24.3 Å². The second-order valence-electron chi connectivity index (χ2n) is 4.70. The van der Waals surface area contributed by atoms with Crippen LogP contribution < -0.4 is 10.1 Å². The van der Waals surface area contributed by atoms with Gasteiger partial charge in [-0.1, -0.05) is 29.8 Å². The average molecular weight is 342 g/mol. The van der Waals surface area contributed by atoms with Crippen LogP contribution >= 0.6 is 11.6 Å². The average Bonchev–Trinajstić information content (AvgIpc) is 2.52. The normalized spacial score (nSPS) is 11.8. The predicted molar refractivity (Wildman–Crippen MR) is 81.3 cm³/mol. The minimum Gasteiger partial charge on any atom is -0.481 e. The topological polar surface area (TPSA) is 58.6 Å². The van der Waals surface area contributed by atoms with Crippen molar-refractivity contribution in [1.29, 1.82) is 0 Å². The number of aliphatic hydroxyl groups is 1. The van der Waals surface area contributed by atoms with Crippen LogP contribution in [0.3, 0.4) is 0 Å². The number of carbonyl (C=O) groups excluding carboxylic acids is 1. The van der Waals surface area contributed by atoms with Gasteiger partial charge in [0, 0.05) is 23.2 Å². The second kappa shape index (κ2) is 7.89. The molecule has 0 saturated carbocycles. The van der Waals surface area contributed by atoms with Gasteiger partial charge in [0.05, 0.1) is 6.10 Å². The molecule has 0 fully saturated rings. The quantitative estimate of drug-likeness (QED) is 0.849. The van der Waals surface area contributed by atoms with Crippen molar-refractivity contribution >= 4 is 17.5 Å². The van der Waals surface area contributed by atoms with E-state index in [1.165, 1.54) is 0 Å². The highest BCUT2D eigenvalue weighted by atomic mass is 35.5. The highest BCUT2D eigenvalue weighted by Gasteiger charge is 2.13. The summed E-state index contributed by atoms with van der Waals surface area (Å²) in [7, 11) is 0. The van der Waals surface area contributed by atoms with Gasteiger partial charge in [-0.15, -0.1) is 0 Å². The van der Waals surface area contributed by atoms with Gasteiger partial charge < -0.3 is 15.2 Å². The van der Waals surface area contributed by atoms with Crippen molar-refractivity contribution in [2.45, 2.75) is 6.10 Å². The monoisotopic (exact) mass is 341 g/mol. The second-order valence-corrected chi connectivity index (χ2v) is 5.11. The Kier molecular flexibility index (Phi) is 5.90. The van der Waals surface area contributed by atoms with Gasteiger partial charge in [0.2, 0.25) is 0 Å². The highest BCUT2D eigenvalue weighted by Crippen LogP contribution is 2.22. The van der Waals surface area contributed by atoms with Crippen LogP contribution in [0.15, 0.2) is 42.5 Å². The molecule has 1 amide bonds. The lowest BCUT2D eigenvalue weighted by molar-refractivity contribution is -0.123. The van der Waals surface area contributed by atoms with E-state index < -0.39 is 30.3 Å². The molecule has 0 aliphatic heterocycles. The third-order valence-electron chi connectivity index (χ3n) is 3.01. The zero-order valence-electron chi connectivity index (χ0n) is 11.9. The molecule has 1 atom stereocenters. The van der Waals surface area contributed by atoms with Gasteiger partial charge in [-0.25, -0.2) is 8.78 Å². The van der Waals surface area contributed by atoms with Crippen molar-refractivity contribution in [1.82, 2.24) is 5.32 Å². The summed E-state index contributed by atoms with van der Waals surface area (Å²) in [5.41, 5.74) is 0.486.